The van der Waals surface area contributed by atoms with E-state index in [1.165, 1.54) is 0 Å². The lowest BCUT2D eigenvalue weighted by molar-refractivity contribution is -0.117. The van der Waals surface area contributed by atoms with Crippen LogP contribution in [0.5, 0.6) is 5.75 Å². The van der Waals surface area contributed by atoms with Gasteiger partial charge in [-0.25, -0.2) is 4.79 Å². The van der Waals surface area contributed by atoms with Crippen molar-refractivity contribution in [1.29, 1.82) is 0 Å². The average molecular weight is 367 g/mol. The average Bonchev–Trinajstić information content (AvgIpc) is 3.52. The minimum Gasteiger partial charge on any atom is -0.496 e. The minimum atomic E-state index is -0.263. The van der Waals surface area contributed by atoms with Crippen LogP contribution < -0.4 is 20.7 Å². The third-order valence-corrected chi connectivity index (χ3v) is 4.55. The molecule has 0 bridgehead atoms. The zero-order chi connectivity index (χ0) is 19.2. The largest absolute Gasteiger partial charge is 0.496 e. The van der Waals surface area contributed by atoms with E-state index in [9.17, 15) is 9.59 Å². The van der Waals surface area contributed by atoms with Gasteiger partial charge in [0, 0.05) is 23.7 Å². The first-order chi connectivity index (χ1) is 13.1. The maximum atomic E-state index is 12.2. The van der Waals surface area contributed by atoms with Gasteiger partial charge in [0.15, 0.2) is 0 Å². The number of anilines is 1. The number of carbonyl (C=O) groups excluding carboxylic acids is 2. The summed E-state index contributed by atoms with van der Waals surface area (Å²) in [5.41, 5.74) is 2.60. The molecule has 1 aliphatic rings. The summed E-state index contributed by atoms with van der Waals surface area (Å²) in [5, 5.41) is 8.68. The fourth-order valence-electron chi connectivity index (χ4n) is 2.88. The summed E-state index contributed by atoms with van der Waals surface area (Å²) < 4.78 is 5.34. The van der Waals surface area contributed by atoms with Crippen molar-refractivity contribution in [3.05, 3.63) is 59.7 Å². The fraction of sp³-hybridized carbons (Fsp3) is 0.333. The number of methoxy groups -OCH3 is 1. The zero-order valence-electron chi connectivity index (χ0n) is 15.6. The first-order valence-electron chi connectivity index (χ1n) is 9.14. The number of ether oxygens (including phenoxy) is 1. The lowest BCUT2D eigenvalue weighted by Gasteiger charge is -2.17. The van der Waals surface area contributed by atoms with Crippen LogP contribution in [0.25, 0.3) is 0 Å². The molecule has 0 radical (unpaired) electrons. The van der Waals surface area contributed by atoms with E-state index < -0.39 is 0 Å². The molecule has 27 heavy (non-hydrogen) atoms. The van der Waals surface area contributed by atoms with Crippen molar-refractivity contribution >= 4 is 17.6 Å². The van der Waals surface area contributed by atoms with Crippen molar-refractivity contribution < 1.29 is 14.3 Å². The molecule has 1 fully saturated rings. The highest BCUT2D eigenvalue weighted by Gasteiger charge is 2.29. The summed E-state index contributed by atoms with van der Waals surface area (Å²) in [6, 6.07) is 14.7. The van der Waals surface area contributed by atoms with Gasteiger partial charge >= 0.3 is 6.03 Å². The molecule has 3 N–H and O–H groups in total. The van der Waals surface area contributed by atoms with Crippen LogP contribution in [0.1, 0.15) is 36.9 Å². The second-order valence-electron chi connectivity index (χ2n) is 6.75. The Morgan fingerprint density at radius 2 is 1.93 bits per heavy atom. The van der Waals surface area contributed by atoms with Gasteiger partial charge in [0.2, 0.25) is 5.91 Å². The van der Waals surface area contributed by atoms with Crippen molar-refractivity contribution in [1.82, 2.24) is 10.6 Å². The van der Waals surface area contributed by atoms with Gasteiger partial charge in [-0.05, 0) is 43.5 Å². The smallest absolute Gasteiger partial charge is 0.315 e. The van der Waals surface area contributed by atoms with Crippen LogP contribution in [0.4, 0.5) is 10.5 Å². The summed E-state index contributed by atoms with van der Waals surface area (Å²) in [6.45, 7) is 2.28. The molecule has 1 aliphatic carbocycles. The van der Waals surface area contributed by atoms with E-state index in [0.29, 0.717) is 6.54 Å². The summed E-state index contributed by atoms with van der Waals surface area (Å²) in [7, 11) is 1.61. The van der Waals surface area contributed by atoms with Crippen molar-refractivity contribution in [2.75, 3.05) is 12.4 Å². The number of urea groups is 1. The quantitative estimate of drug-likeness (QED) is 0.699. The second-order valence-corrected chi connectivity index (χ2v) is 6.75. The molecule has 6 heteroatoms. The van der Waals surface area contributed by atoms with E-state index in [2.05, 4.69) is 16.0 Å². The molecule has 2 aromatic carbocycles. The molecule has 0 heterocycles. The standard InChI is InChI=1S/C21H25N3O3/c1-14(18-8-3-4-9-19(18)27-2)23-21(26)22-13-15-6-5-7-17(12-15)24-20(25)16-10-11-16/h3-9,12,14,16H,10-11,13H2,1-2H3,(H,24,25)(H2,22,23,26)/t14-/m0/s1. The highest BCUT2D eigenvalue weighted by Crippen LogP contribution is 2.30. The van der Waals surface area contributed by atoms with Gasteiger partial charge in [0.25, 0.3) is 0 Å². The second kappa shape index (κ2) is 8.58. The van der Waals surface area contributed by atoms with E-state index in [1.54, 1.807) is 7.11 Å². The van der Waals surface area contributed by atoms with Gasteiger partial charge in [-0.15, -0.1) is 0 Å². The molecule has 0 aromatic heterocycles. The highest BCUT2D eigenvalue weighted by molar-refractivity contribution is 5.94. The van der Waals surface area contributed by atoms with Crippen molar-refractivity contribution in [2.24, 2.45) is 5.92 Å². The SMILES string of the molecule is COc1ccccc1[C@H](C)NC(=O)NCc1cccc(NC(=O)C2CC2)c1. The summed E-state index contributed by atoms with van der Waals surface area (Å²) in [6.07, 6.45) is 1.94. The van der Waals surface area contributed by atoms with Crippen LogP contribution >= 0.6 is 0 Å². The van der Waals surface area contributed by atoms with Crippen LogP contribution in [0, 0.1) is 5.92 Å². The normalized spacial score (nSPS) is 14.1. The number of rotatable bonds is 7. The molecule has 0 aliphatic heterocycles. The number of benzene rings is 2. The Labute approximate surface area is 159 Å². The van der Waals surface area contributed by atoms with Crippen molar-refractivity contribution in [3.63, 3.8) is 0 Å². The van der Waals surface area contributed by atoms with E-state index in [0.717, 1.165) is 35.4 Å². The molecular weight excluding hydrogens is 342 g/mol. The van der Waals surface area contributed by atoms with E-state index in [1.807, 2.05) is 55.5 Å². The molecule has 1 saturated carbocycles. The van der Waals surface area contributed by atoms with Crippen LogP contribution in [-0.4, -0.2) is 19.0 Å². The lowest BCUT2D eigenvalue weighted by Crippen LogP contribution is -2.36. The molecule has 0 unspecified atom stereocenters. The number of nitrogens with one attached hydrogen (secondary N) is 3. The van der Waals surface area contributed by atoms with Gasteiger partial charge in [-0.3, -0.25) is 4.79 Å². The zero-order valence-corrected chi connectivity index (χ0v) is 15.6. The summed E-state index contributed by atoms with van der Waals surface area (Å²) >= 11 is 0. The topological polar surface area (TPSA) is 79.5 Å². The Balaban J connectivity index is 1.52. The number of hydrogen-bond donors (Lipinski definition) is 3. The van der Waals surface area contributed by atoms with Crippen molar-refractivity contribution in [2.45, 2.75) is 32.4 Å². The predicted molar refractivity (Wildman–Crippen MR) is 105 cm³/mol. The van der Waals surface area contributed by atoms with E-state index >= 15 is 0 Å². The number of para-hydroxylation sites is 1. The third-order valence-electron chi connectivity index (χ3n) is 4.55. The van der Waals surface area contributed by atoms with Crippen LogP contribution in [0.3, 0.4) is 0 Å². The molecule has 3 amide bonds. The Morgan fingerprint density at radius 3 is 2.67 bits per heavy atom. The predicted octanol–water partition coefficient (Wildman–Crippen LogP) is 3.60. The number of carbonyl (C=O) groups is 2. The number of amides is 3. The molecular formula is C21H25N3O3. The molecule has 0 spiro atoms. The molecule has 2 aromatic rings. The first-order valence-corrected chi connectivity index (χ1v) is 9.14. The van der Waals surface area contributed by atoms with Gasteiger partial charge in [-0.1, -0.05) is 30.3 Å². The minimum absolute atomic E-state index is 0.0727. The number of hydrogen-bond acceptors (Lipinski definition) is 3. The van der Waals surface area contributed by atoms with Crippen LogP contribution in [-0.2, 0) is 11.3 Å². The maximum Gasteiger partial charge on any atom is 0.315 e. The van der Waals surface area contributed by atoms with E-state index in [-0.39, 0.29) is 23.9 Å². The monoisotopic (exact) mass is 367 g/mol. The highest BCUT2D eigenvalue weighted by atomic mass is 16.5. The lowest BCUT2D eigenvalue weighted by atomic mass is 10.1. The Bertz CT molecular complexity index is 818. The van der Waals surface area contributed by atoms with Crippen LogP contribution in [0.15, 0.2) is 48.5 Å². The Hall–Kier alpha value is -3.02. The molecule has 6 nitrogen and oxygen atoms in total. The summed E-state index contributed by atoms with van der Waals surface area (Å²) in [4.78, 5) is 24.1. The van der Waals surface area contributed by atoms with Gasteiger partial charge in [0.1, 0.15) is 5.75 Å². The van der Waals surface area contributed by atoms with Gasteiger partial charge < -0.3 is 20.7 Å². The van der Waals surface area contributed by atoms with E-state index in [4.69, 9.17) is 4.74 Å². The van der Waals surface area contributed by atoms with Crippen molar-refractivity contribution in [3.8, 4) is 5.75 Å². The van der Waals surface area contributed by atoms with Crippen LogP contribution in [0.2, 0.25) is 0 Å². The van der Waals surface area contributed by atoms with Gasteiger partial charge in [-0.2, -0.15) is 0 Å². The third kappa shape index (κ3) is 5.23. The molecule has 3 rings (SSSR count). The Kier molecular flexibility index (Phi) is 5.96. The molecule has 142 valence electrons. The van der Waals surface area contributed by atoms with Gasteiger partial charge in [0.05, 0.1) is 13.2 Å². The molecule has 0 saturated heterocycles. The molecule has 1 atom stereocenters. The maximum absolute atomic E-state index is 12.2. The Morgan fingerprint density at radius 1 is 1.15 bits per heavy atom. The summed E-state index contributed by atoms with van der Waals surface area (Å²) in [5.74, 6) is 0.974. The first kappa shape index (κ1) is 18.8. The fourth-order valence-corrected chi connectivity index (χ4v) is 2.88.